The first-order valence-corrected chi connectivity index (χ1v) is 13.6. The average molecular weight is 514 g/mol. The maximum Gasteiger partial charge on any atom is 0.193 e. The number of fused-ring (bicyclic) bond motifs is 1. The Morgan fingerprint density at radius 1 is 1.11 bits per heavy atom. The molecule has 3 heterocycles. The van der Waals surface area contributed by atoms with E-state index < -0.39 is 40.5 Å². The van der Waals surface area contributed by atoms with Gasteiger partial charge in [-0.25, -0.2) is 18.0 Å². The van der Waals surface area contributed by atoms with Crippen LogP contribution in [0.15, 0.2) is 65.0 Å². The number of hydrogen-bond donors (Lipinski definition) is 2. The summed E-state index contributed by atoms with van der Waals surface area (Å²) in [6.45, 7) is -0.416. The molecule has 10 heteroatoms. The fourth-order valence-corrected chi connectivity index (χ4v) is 4.75. The number of nitrogens with one attached hydrogen (secondary N) is 1. The van der Waals surface area contributed by atoms with Gasteiger partial charge in [-0.05, 0) is 23.3 Å². The quantitative estimate of drug-likeness (QED) is 0.383. The molecule has 1 saturated heterocycles. The first-order valence-electron chi connectivity index (χ1n) is 11.3. The zero-order valence-corrected chi connectivity index (χ0v) is 20.5. The summed E-state index contributed by atoms with van der Waals surface area (Å²) < 4.78 is 56.1. The molecular formula is C26H25F2N3O4S. The van der Waals surface area contributed by atoms with Crippen LogP contribution in [-0.4, -0.2) is 63.4 Å². The van der Waals surface area contributed by atoms with Gasteiger partial charge < -0.3 is 19.6 Å². The summed E-state index contributed by atoms with van der Waals surface area (Å²) in [6.07, 6.45) is -0.0812. The number of hydrogen-bond acceptors (Lipinski definition) is 6. The number of aromatic amines is 1. The average Bonchev–Trinajstić information content (AvgIpc) is 3.40. The molecule has 0 aliphatic carbocycles. The molecular weight excluding hydrogens is 488 g/mol. The first kappa shape index (κ1) is 24.4. The van der Waals surface area contributed by atoms with Gasteiger partial charge in [0.1, 0.15) is 11.8 Å². The normalized spacial score (nSPS) is 20.1. The number of alkyl halides is 1. The molecule has 0 saturated carbocycles. The van der Waals surface area contributed by atoms with Crippen LogP contribution in [0, 0.1) is 5.82 Å². The van der Waals surface area contributed by atoms with Crippen molar-refractivity contribution in [1.29, 1.82) is 0 Å². The monoisotopic (exact) mass is 513 g/mol. The molecule has 3 atom stereocenters. The van der Waals surface area contributed by atoms with Gasteiger partial charge in [-0.15, -0.1) is 0 Å². The lowest BCUT2D eigenvalue weighted by atomic mass is 10.0. The second-order valence-corrected chi connectivity index (χ2v) is 11.5. The van der Waals surface area contributed by atoms with Crippen LogP contribution < -0.4 is 4.74 Å². The van der Waals surface area contributed by atoms with E-state index in [9.17, 15) is 13.0 Å². The third-order valence-corrected chi connectivity index (χ3v) is 6.51. The number of pyridine rings is 1. The number of benzene rings is 2. The maximum absolute atomic E-state index is 14.9. The summed E-state index contributed by atoms with van der Waals surface area (Å²) in [5, 5.41) is 9.14. The molecule has 1 aliphatic rings. The van der Waals surface area contributed by atoms with Gasteiger partial charge >= 0.3 is 0 Å². The summed E-state index contributed by atoms with van der Waals surface area (Å²) >= 11 is 0. The molecule has 2 N–H and O–H groups in total. The molecule has 36 heavy (non-hydrogen) atoms. The van der Waals surface area contributed by atoms with E-state index >= 15 is 0 Å². The van der Waals surface area contributed by atoms with Gasteiger partial charge in [-0.3, -0.25) is 0 Å². The van der Waals surface area contributed by atoms with E-state index in [-0.39, 0.29) is 18.2 Å². The summed E-state index contributed by atoms with van der Waals surface area (Å²) in [5.74, 6) is -0.262. The van der Waals surface area contributed by atoms with Crippen molar-refractivity contribution in [3.63, 3.8) is 0 Å². The van der Waals surface area contributed by atoms with E-state index in [4.69, 9.17) is 14.6 Å². The SMILES string of the molecule is CS(C)(=O)=Nc1ccc(-c2ccc(-c3nc4cc(O[C@@H]5CO[C@H](CO)[C@@H]5F)[nH]c4cc3F)cc2)cc1. The van der Waals surface area contributed by atoms with Crippen molar-refractivity contribution < 1.29 is 27.6 Å². The Morgan fingerprint density at radius 3 is 2.36 bits per heavy atom. The molecule has 2 aromatic carbocycles. The smallest absolute Gasteiger partial charge is 0.193 e. The Kier molecular flexibility index (Phi) is 6.50. The summed E-state index contributed by atoms with van der Waals surface area (Å²) in [4.78, 5) is 7.36. The molecule has 5 rings (SSSR count). The zero-order valence-electron chi connectivity index (χ0n) is 19.7. The fraction of sp³-hybridized carbons (Fsp3) is 0.269. The Balaban J connectivity index is 1.36. The second-order valence-electron chi connectivity index (χ2n) is 8.94. The van der Waals surface area contributed by atoms with Crippen LogP contribution in [0.25, 0.3) is 33.4 Å². The molecule has 0 unspecified atom stereocenters. The van der Waals surface area contributed by atoms with E-state index in [1.165, 1.54) is 6.07 Å². The summed E-state index contributed by atoms with van der Waals surface area (Å²) in [6, 6.07) is 17.7. The van der Waals surface area contributed by atoms with Crippen LogP contribution in [-0.2, 0) is 14.5 Å². The van der Waals surface area contributed by atoms with Crippen molar-refractivity contribution in [3.8, 4) is 28.3 Å². The van der Waals surface area contributed by atoms with Gasteiger partial charge in [0.05, 0.1) is 29.9 Å². The number of aliphatic hydroxyl groups excluding tert-OH is 1. The molecule has 188 valence electrons. The molecule has 0 radical (unpaired) electrons. The number of aromatic nitrogens is 2. The highest BCUT2D eigenvalue weighted by Crippen LogP contribution is 2.31. The van der Waals surface area contributed by atoms with Gasteiger partial charge in [-0.1, -0.05) is 36.4 Å². The summed E-state index contributed by atoms with van der Waals surface area (Å²) in [7, 11) is -2.23. The van der Waals surface area contributed by atoms with Gasteiger partial charge in [0, 0.05) is 39.9 Å². The molecule has 4 aromatic rings. The minimum Gasteiger partial charge on any atom is -0.470 e. The highest BCUT2D eigenvalue weighted by atomic mass is 32.2. The highest BCUT2D eigenvalue weighted by Gasteiger charge is 2.39. The van der Waals surface area contributed by atoms with Crippen LogP contribution in [0.5, 0.6) is 5.88 Å². The largest absolute Gasteiger partial charge is 0.470 e. The predicted octanol–water partition coefficient (Wildman–Crippen LogP) is 4.87. The zero-order chi connectivity index (χ0) is 25.4. The molecule has 0 bridgehead atoms. The van der Waals surface area contributed by atoms with E-state index in [0.29, 0.717) is 22.3 Å². The lowest BCUT2D eigenvalue weighted by Crippen LogP contribution is -2.32. The third kappa shape index (κ3) is 5.11. The van der Waals surface area contributed by atoms with Gasteiger partial charge in [0.15, 0.2) is 24.0 Å². The maximum atomic E-state index is 14.9. The molecule has 1 aliphatic heterocycles. The van der Waals surface area contributed by atoms with Crippen LogP contribution in [0.4, 0.5) is 14.5 Å². The van der Waals surface area contributed by atoms with E-state index in [1.54, 1.807) is 30.7 Å². The predicted molar refractivity (Wildman–Crippen MR) is 135 cm³/mol. The van der Waals surface area contributed by atoms with Crippen LogP contribution in [0.3, 0.4) is 0 Å². The van der Waals surface area contributed by atoms with Crippen LogP contribution in [0.2, 0.25) is 0 Å². The van der Waals surface area contributed by atoms with Crippen LogP contribution >= 0.6 is 0 Å². The van der Waals surface area contributed by atoms with Crippen LogP contribution in [0.1, 0.15) is 0 Å². The number of halogens is 2. The lowest BCUT2D eigenvalue weighted by molar-refractivity contribution is 0.0302. The Hall–Kier alpha value is -3.34. The van der Waals surface area contributed by atoms with Gasteiger partial charge in [0.2, 0.25) is 0 Å². The number of ether oxygens (including phenoxy) is 2. The second kappa shape index (κ2) is 9.61. The van der Waals surface area contributed by atoms with Crippen molar-refractivity contribution in [2.75, 3.05) is 25.7 Å². The number of H-pyrrole nitrogens is 1. The van der Waals surface area contributed by atoms with E-state index in [0.717, 1.165) is 11.1 Å². The number of aliphatic hydroxyl groups is 1. The minimum atomic E-state index is -2.23. The lowest BCUT2D eigenvalue weighted by Gasteiger charge is -2.14. The molecule has 0 spiro atoms. The molecule has 0 amide bonds. The fourth-order valence-electron chi connectivity index (χ4n) is 4.12. The van der Waals surface area contributed by atoms with Gasteiger partial charge in [-0.2, -0.15) is 4.36 Å². The Morgan fingerprint density at radius 2 is 1.75 bits per heavy atom. The Bertz CT molecular complexity index is 1500. The van der Waals surface area contributed by atoms with Crippen molar-refractivity contribution in [3.05, 3.63) is 66.5 Å². The molecule has 7 nitrogen and oxygen atoms in total. The van der Waals surface area contributed by atoms with Crippen molar-refractivity contribution in [2.45, 2.75) is 18.4 Å². The summed E-state index contributed by atoms with van der Waals surface area (Å²) in [5.41, 5.74) is 4.20. The minimum absolute atomic E-state index is 0.0102. The first-order chi connectivity index (χ1) is 17.2. The van der Waals surface area contributed by atoms with E-state index in [1.807, 2.05) is 36.4 Å². The highest BCUT2D eigenvalue weighted by molar-refractivity contribution is 7.92. The topological polar surface area (TPSA) is 96.8 Å². The molecule has 2 aromatic heterocycles. The van der Waals surface area contributed by atoms with Crippen molar-refractivity contribution in [2.24, 2.45) is 4.36 Å². The van der Waals surface area contributed by atoms with Crippen molar-refractivity contribution in [1.82, 2.24) is 9.97 Å². The van der Waals surface area contributed by atoms with E-state index in [2.05, 4.69) is 14.3 Å². The third-order valence-electron chi connectivity index (χ3n) is 5.86. The standard InChI is InChI=1S/C26H25F2N3O4S/c1-36(2,33)31-18-9-7-16(8-10-18)15-3-5-17(6-4-15)26-19(27)11-20-21(30-26)12-24(29-20)35-23-14-34-22(13-32)25(23)28/h3-12,22-23,25,29,32H,13-14H2,1-2H3/t22-,23-,25+/m1/s1. The Labute approximate surface area is 207 Å². The van der Waals surface area contributed by atoms with Crippen molar-refractivity contribution >= 4 is 26.4 Å². The van der Waals surface area contributed by atoms with Gasteiger partial charge in [0.25, 0.3) is 0 Å². The number of nitrogens with zero attached hydrogens (tertiary/aromatic N) is 2. The number of rotatable bonds is 6. The molecule has 1 fully saturated rings.